The zero-order chi connectivity index (χ0) is 13.4. The minimum absolute atomic E-state index is 0.604. The Bertz CT molecular complexity index is 354. The van der Waals surface area contributed by atoms with E-state index in [1.54, 1.807) is 0 Å². The summed E-state index contributed by atoms with van der Waals surface area (Å²) < 4.78 is 5.82. The monoisotopic (exact) mass is 270 g/mol. The molecule has 0 aliphatic heterocycles. The van der Waals surface area contributed by atoms with Crippen molar-refractivity contribution in [3.63, 3.8) is 0 Å². The minimum atomic E-state index is 0.604. The third kappa shape index (κ3) is 4.84. The highest BCUT2D eigenvalue weighted by Gasteiger charge is 2.05. The van der Waals surface area contributed by atoms with Gasteiger partial charge in [0.05, 0.1) is 0 Å². The van der Waals surface area contributed by atoms with E-state index < -0.39 is 0 Å². The molecule has 0 saturated heterocycles. The van der Waals surface area contributed by atoms with Crippen molar-refractivity contribution in [1.82, 2.24) is 4.90 Å². The Morgan fingerprint density at radius 2 is 2.00 bits per heavy atom. The molecule has 0 heterocycles. The van der Waals surface area contributed by atoms with Crippen LogP contribution in [0.1, 0.15) is 19.4 Å². The molecule has 0 aromatic heterocycles. The fourth-order valence-electron chi connectivity index (χ4n) is 1.86. The quantitative estimate of drug-likeness (QED) is 0.789. The molecule has 0 bridgehead atoms. The standard InChI is InChI=1S/C14H23ClN2O/c1-3-17(4-2)9-10-18-14-6-5-13(15)11-12(14)7-8-16/h5-6,11H,3-4,7-10,16H2,1-2H3. The van der Waals surface area contributed by atoms with Crippen LogP contribution < -0.4 is 10.5 Å². The van der Waals surface area contributed by atoms with Crippen LogP contribution in [0.4, 0.5) is 0 Å². The average molecular weight is 271 g/mol. The van der Waals surface area contributed by atoms with E-state index in [1.165, 1.54) is 0 Å². The van der Waals surface area contributed by atoms with Crippen molar-refractivity contribution in [1.29, 1.82) is 0 Å². The fraction of sp³-hybridized carbons (Fsp3) is 0.571. The SMILES string of the molecule is CCN(CC)CCOc1ccc(Cl)cc1CCN. The summed E-state index contributed by atoms with van der Waals surface area (Å²) in [6.07, 6.45) is 0.793. The molecular formula is C14H23ClN2O. The van der Waals surface area contributed by atoms with Gasteiger partial charge in [-0.05, 0) is 49.8 Å². The van der Waals surface area contributed by atoms with Crippen molar-refractivity contribution in [3.05, 3.63) is 28.8 Å². The number of hydrogen-bond acceptors (Lipinski definition) is 3. The summed E-state index contributed by atoms with van der Waals surface area (Å²) in [6, 6.07) is 5.71. The summed E-state index contributed by atoms with van der Waals surface area (Å²) >= 11 is 5.98. The molecule has 1 aromatic carbocycles. The van der Waals surface area contributed by atoms with E-state index in [-0.39, 0.29) is 0 Å². The Labute approximate surface area is 115 Å². The van der Waals surface area contributed by atoms with Gasteiger partial charge in [0, 0.05) is 11.6 Å². The van der Waals surface area contributed by atoms with E-state index in [2.05, 4.69) is 18.7 Å². The first-order valence-electron chi connectivity index (χ1n) is 6.54. The lowest BCUT2D eigenvalue weighted by Crippen LogP contribution is -2.28. The van der Waals surface area contributed by atoms with E-state index in [0.29, 0.717) is 13.2 Å². The molecule has 0 atom stereocenters. The predicted molar refractivity (Wildman–Crippen MR) is 77.5 cm³/mol. The number of ether oxygens (including phenoxy) is 1. The molecule has 2 N–H and O–H groups in total. The lowest BCUT2D eigenvalue weighted by atomic mass is 10.1. The normalized spacial score (nSPS) is 10.9. The van der Waals surface area contributed by atoms with Crippen LogP contribution in [-0.4, -0.2) is 37.7 Å². The largest absolute Gasteiger partial charge is 0.492 e. The first-order valence-corrected chi connectivity index (χ1v) is 6.92. The van der Waals surface area contributed by atoms with Gasteiger partial charge < -0.3 is 15.4 Å². The van der Waals surface area contributed by atoms with Gasteiger partial charge in [0.15, 0.2) is 0 Å². The fourth-order valence-corrected chi connectivity index (χ4v) is 2.06. The van der Waals surface area contributed by atoms with E-state index >= 15 is 0 Å². The van der Waals surface area contributed by atoms with Gasteiger partial charge in [-0.2, -0.15) is 0 Å². The molecular weight excluding hydrogens is 248 g/mol. The molecule has 0 amide bonds. The van der Waals surface area contributed by atoms with Gasteiger partial charge in [-0.3, -0.25) is 0 Å². The maximum Gasteiger partial charge on any atom is 0.122 e. The summed E-state index contributed by atoms with van der Waals surface area (Å²) in [6.45, 7) is 8.66. The van der Waals surface area contributed by atoms with Crippen molar-refractivity contribution in [2.45, 2.75) is 20.3 Å². The highest BCUT2D eigenvalue weighted by atomic mass is 35.5. The lowest BCUT2D eigenvalue weighted by molar-refractivity contribution is 0.221. The van der Waals surface area contributed by atoms with Crippen molar-refractivity contribution in [3.8, 4) is 5.75 Å². The summed E-state index contributed by atoms with van der Waals surface area (Å²) in [5.41, 5.74) is 6.68. The third-order valence-electron chi connectivity index (χ3n) is 3.00. The van der Waals surface area contributed by atoms with Gasteiger partial charge in [-0.15, -0.1) is 0 Å². The van der Waals surface area contributed by atoms with Gasteiger partial charge >= 0.3 is 0 Å². The van der Waals surface area contributed by atoms with Gasteiger partial charge in [0.2, 0.25) is 0 Å². The molecule has 3 nitrogen and oxygen atoms in total. The molecule has 18 heavy (non-hydrogen) atoms. The smallest absolute Gasteiger partial charge is 0.122 e. The maximum atomic E-state index is 5.98. The zero-order valence-corrected chi connectivity index (χ0v) is 12.0. The third-order valence-corrected chi connectivity index (χ3v) is 3.23. The Kier molecular flexibility index (Phi) is 7.09. The molecule has 0 saturated carbocycles. The van der Waals surface area contributed by atoms with Crippen molar-refractivity contribution >= 4 is 11.6 Å². The number of likely N-dealkylation sites (N-methyl/N-ethyl adjacent to an activating group) is 1. The summed E-state index contributed by atoms with van der Waals surface area (Å²) in [5, 5.41) is 0.731. The highest BCUT2D eigenvalue weighted by Crippen LogP contribution is 2.23. The summed E-state index contributed by atoms with van der Waals surface area (Å²) in [4.78, 5) is 2.33. The lowest BCUT2D eigenvalue weighted by Gasteiger charge is -2.19. The van der Waals surface area contributed by atoms with Gasteiger partial charge in [0.1, 0.15) is 12.4 Å². The number of hydrogen-bond donors (Lipinski definition) is 1. The van der Waals surface area contributed by atoms with Crippen LogP contribution >= 0.6 is 11.6 Å². The highest BCUT2D eigenvalue weighted by molar-refractivity contribution is 6.30. The second kappa shape index (κ2) is 8.35. The van der Waals surface area contributed by atoms with Crippen LogP contribution in [0.15, 0.2) is 18.2 Å². The molecule has 0 aliphatic rings. The first kappa shape index (κ1) is 15.3. The Balaban J connectivity index is 2.55. The molecule has 1 rings (SSSR count). The number of rotatable bonds is 8. The van der Waals surface area contributed by atoms with E-state index in [1.807, 2.05) is 18.2 Å². The molecule has 1 aromatic rings. The molecule has 0 fully saturated rings. The Hall–Kier alpha value is -0.770. The van der Waals surface area contributed by atoms with Gasteiger partial charge in [-0.1, -0.05) is 25.4 Å². The van der Waals surface area contributed by atoms with Crippen molar-refractivity contribution in [2.24, 2.45) is 5.73 Å². The topological polar surface area (TPSA) is 38.5 Å². The molecule has 0 unspecified atom stereocenters. The van der Waals surface area contributed by atoms with Crippen LogP contribution in [0, 0.1) is 0 Å². The Morgan fingerprint density at radius 1 is 1.28 bits per heavy atom. The predicted octanol–water partition coefficient (Wildman–Crippen LogP) is 2.56. The number of nitrogens with zero attached hydrogens (tertiary/aromatic N) is 1. The average Bonchev–Trinajstić information content (AvgIpc) is 2.37. The Morgan fingerprint density at radius 3 is 2.61 bits per heavy atom. The van der Waals surface area contributed by atoms with Crippen LogP contribution in [0.5, 0.6) is 5.75 Å². The van der Waals surface area contributed by atoms with E-state index in [0.717, 1.165) is 42.4 Å². The molecule has 0 spiro atoms. The zero-order valence-electron chi connectivity index (χ0n) is 11.3. The number of halogens is 1. The van der Waals surface area contributed by atoms with Crippen LogP contribution in [0.25, 0.3) is 0 Å². The molecule has 102 valence electrons. The second-order valence-corrected chi connectivity index (χ2v) is 4.60. The first-order chi connectivity index (χ1) is 8.71. The molecule has 0 radical (unpaired) electrons. The van der Waals surface area contributed by atoms with E-state index in [9.17, 15) is 0 Å². The number of benzene rings is 1. The second-order valence-electron chi connectivity index (χ2n) is 4.17. The van der Waals surface area contributed by atoms with E-state index in [4.69, 9.17) is 22.1 Å². The van der Waals surface area contributed by atoms with Crippen molar-refractivity contribution < 1.29 is 4.74 Å². The van der Waals surface area contributed by atoms with Gasteiger partial charge in [-0.25, -0.2) is 0 Å². The minimum Gasteiger partial charge on any atom is -0.492 e. The summed E-state index contributed by atoms with van der Waals surface area (Å²) in [5.74, 6) is 0.900. The van der Waals surface area contributed by atoms with Crippen LogP contribution in [0.3, 0.4) is 0 Å². The maximum absolute atomic E-state index is 5.98. The number of nitrogens with two attached hydrogens (primary N) is 1. The van der Waals surface area contributed by atoms with Crippen LogP contribution in [0.2, 0.25) is 5.02 Å². The van der Waals surface area contributed by atoms with Crippen molar-refractivity contribution in [2.75, 3.05) is 32.8 Å². The molecule has 4 heteroatoms. The van der Waals surface area contributed by atoms with Gasteiger partial charge in [0.25, 0.3) is 0 Å². The van der Waals surface area contributed by atoms with Crippen LogP contribution in [-0.2, 0) is 6.42 Å². The summed E-state index contributed by atoms with van der Waals surface area (Å²) in [7, 11) is 0. The molecule has 0 aliphatic carbocycles.